The third kappa shape index (κ3) is 13.2. The van der Waals surface area contributed by atoms with Crippen molar-refractivity contribution in [1.29, 1.82) is 0 Å². The second-order valence-electron chi connectivity index (χ2n) is 10.2. The molecule has 0 spiro atoms. The number of rotatable bonds is 22. The molecule has 0 saturated carbocycles. The summed E-state index contributed by atoms with van der Waals surface area (Å²) in [5.41, 5.74) is 1.84. The molecule has 0 aromatic heterocycles. The molecule has 0 bridgehead atoms. The van der Waals surface area contributed by atoms with Crippen LogP contribution in [0.1, 0.15) is 149 Å². The maximum Gasteiger partial charge on any atom is 0.123 e. The van der Waals surface area contributed by atoms with Gasteiger partial charge < -0.3 is 17.3 Å². The number of hydrogen-bond acceptors (Lipinski definition) is 0. The van der Waals surface area contributed by atoms with Crippen LogP contribution in [0.2, 0.25) is 0 Å². The molecule has 1 unspecified atom stereocenters. The van der Waals surface area contributed by atoms with Gasteiger partial charge in [-0.3, -0.25) is 0 Å². The Hall–Kier alpha value is -0.530. The van der Waals surface area contributed by atoms with Gasteiger partial charge in [0.25, 0.3) is 0 Å². The monoisotopic (exact) mass is 479 g/mol. The van der Waals surface area contributed by atoms with Gasteiger partial charge in [0.2, 0.25) is 0 Å². The maximum atomic E-state index is 2.39. The lowest BCUT2D eigenvalue weighted by Crippen LogP contribution is -3.18. The molecule has 0 amide bonds. The lowest BCUT2D eigenvalue weighted by molar-refractivity contribution is -0.961. The van der Waals surface area contributed by atoms with E-state index in [2.05, 4.69) is 58.0 Å². The van der Waals surface area contributed by atoms with Gasteiger partial charge in [-0.1, -0.05) is 141 Å². The minimum Gasteiger partial charge on any atom is -1.00 e. The molecule has 0 heterocycles. The molecular formula is C31H58ClN. The summed E-state index contributed by atoms with van der Waals surface area (Å²) >= 11 is 0. The highest BCUT2D eigenvalue weighted by Gasteiger charge is 2.37. The zero-order valence-corrected chi connectivity index (χ0v) is 23.7. The largest absolute Gasteiger partial charge is 1.00 e. The lowest BCUT2D eigenvalue weighted by Gasteiger charge is -2.40. The molecule has 0 saturated heterocycles. The number of nitrogens with one attached hydrogen (secondary N) is 1. The molecule has 1 aromatic carbocycles. The van der Waals surface area contributed by atoms with Gasteiger partial charge in [0.15, 0.2) is 0 Å². The Morgan fingerprint density at radius 2 is 0.939 bits per heavy atom. The Morgan fingerprint density at radius 3 is 1.30 bits per heavy atom. The van der Waals surface area contributed by atoms with Gasteiger partial charge in [-0.25, -0.2) is 0 Å². The van der Waals surface area contributed by atoms with E-state index in [1.807, 2.05) is 0 Å². The van der Waals surface area contributed by atoms with Gasteiger partial charge in [-0.15, -0.1) is 0 Å². The van der Waals surface area contributed by atoms with Crippen molar-refractivity contribution >= 4 is 0 Å². The summed E-state index contributed by atoms with van der Waals surface area (Å²) in [6, 6.07) is 11.3. The summed E-state index contributed by atoms with van der Waals surface area (Å²) in [4.78, 5) is 1.79. The van der Waals surface area contributed by atoms with Crippen molar-refractivity contribution in [3.63, 3.8) is 0 Å². The molecule has 0 aliphatic carbocycles. The van der Waals surface area contributed by atoms with Crippen molar-refractivity contribution in [2.24, 2.45) is 0 Å². The van der Waals surface area contributed by atoms with Crippen LogP contribution in [0.25, 0.3) is 0 Å². The fourth-order valence-corrected chi connectivity index (χ4v) is 5.76. The van der Waals surface area contributed by atoms with Crippen molar-refractivity contribution in [3.8, 4) is 0 Å². The number of hydrogen-bond donors (Lipinski definition) is 1. The van der Waals surface area contributed by atoms with E-state index in [0.29, 0.717) is 5.54 Å². The van der Waals surface area contributed by atoms with Crippen LogP contribution in [0.4, 0.5) is 0 Å². The summed E-state index contributed by atoms with van der Waals surface area (Å²) in [7, 11) is 0. The zero-order valence-electron chi connectivity index (χ0n) is 22.9. The predicted molar refractivity (Wildman–Crippen MR) is 145 cm³/mol. The van der Waals surface area contributed by atoms with Crippen LogP contribution in [0.15, 0.2) is 30.3 Å². The minimum atomic E-state index is 0. The van der Waals surface area contributed by atoms with Crippen molar-refractivity contribution < 1.29 is 17.3 Å². The van der Waals surface area contributed by atoms with Gasteiger partial charge in [0, 0.05) is 18.4 Å². The molecule has 1 nitrogen and oxygen atoms in total. The smallest absolute Gasteiger partial charge is 0.123 e. The quantitative estimate of drug-likeness (QED) is 0.198. The van der Waals surface area contributed by atoms with Gasteiger partial charge in [0.05, 0.1) is 13.1 Å². The fourth-order valence-electron chi connectivity index (χ4n) is 5.76. The first kappa shape index (κ1) is 32.5. The van der Waals surface area contributed by atoms with E-state index in [9.17, 15) is 0 Å². The second-order valence-corrected chi connectivity index (χ2v) is 10.2. The average molecular weight is 480 g/mol. The summed E-state index contributed by atoms with van der Waals surface area (Å²) in [6.07, 6.45) is 25.6. The third-order valence-electron chi connectivity index (χ3n) is 7.97. The van der Waals surface area contributed by atoms with Crippen LogP contribution in [-0.4, -0.2) is 13.1 Å². The molecular weight excluding hydrogens is 422 g/mol. The highest BCUT2D eigenvalue weighted by atomic mass is 35.5. The van der Waals surface area contributed by atoms with E-state index in [1.54, 1.807) is 10.5 Å². The van der Waals surface area contributed by atoms with Crippen LogP contribution in [-0.2, 0) is 5.54 Å². The summed E-state index contributed by atoms with van der Waals surface area (Å²) in [5, 5.41) is 0. The van der Waals surface area contributed by atoms with Crippen LogP contribution in [0.3, 0.4) is 0 Å². The Balaban J connectivity index is 0.0000102. The first-order chi connectivity index (χ1) is 15.7. The first-order valence-corrected chi connectivity index (χ1v) is 14.7. The van der Waals surface area contributed by atoms with E-state index >= 15 is 0 Å². The van der Waals surface area contributed by atoms with Crippen LogP contribution in [0, 0.1) is 0 Å². The van der Waals surface area contributed by atoms with E-state index in [0.717, 1.165) is 0 Å². The molecule has 0 aliphatic rings. The molecule has 0 radical (unpaired) electrons. The van der Waals surface area contributed by atoms with E-state index in [1.165, 1.54) is 129 Å². The van der Waals surface area contributed by atoms with Crippen LogP contribution in [0.5, 0.6) is 0 Å². The highest BCUT2D eigenvalue weighted by Crippen LogP contribution is 2.25. The van der Waals surface area contributed by atoms with Gasteiger partial charge in [0.1, 0.15) is 5.54 Å². The number of unbranched alkanes of at least 4 members (excludes halogenated alkanes) is 15. The fraction of sp³-hybridized carbons (Fsp3) is 0.806. The summed E-state index contributed by atoms with van der Waals surface area (Å²) in [6.45, 7) is 12.0. The average Bonchev–Trinajstić information content (AvgIpc) is 2.84. The molecule has 0 fully saturated rings. The lowest BCUT2D eigenvalue weighted by atomic mass is 9.82. The Labute approximate surface area is 214 Å². The van der Waals surface area contributed by atoms with E-state index < -0.39 is 0 Å². The van der Waals surface area contributed by atoms with E-state index in [-0.39, 0.29) is 12.4 Å². The SMILES string of the molecule is CCCCCCCCCCCCCCCCCC[NH+](CC)C(CC)(CC)c1ccccc1.[Cl-]. The van der Waals surface area contributed by atoms with Crippen LogP contribution < -0.4 is 17.3 Å². The predicted octanol–water partition coefficient (Wildman–Crippen LogP) is 5.87. The van der Waals surface area contributed by atoms with Gasteiger partial charge in [-0.2, -0.15) is 0 Å². The zero-order chi connectivity index (χ0) is 23.3. The Bertz CT molecular complexity index is 511. The maximum absolute atomic E-state index is 2.39. The highest BCUT2D eigenvalue weighted by molar-refractivity contribution is 5.21. The number of halogens is 1. The number of benzene rings is 1. The minimum absolute atomic E-state index is 0. The first-order valence-electron chi connectivity index (χ1n) is 14.7. The summed E-state index contributed by atoms with van der Waals surface area (Å²) < 4.78 is 0. The normalized spacial score (nSPS) is 12.5. The van der Waals surface area contributed by atoms with Gasteiger partial charge in [-0.05, 0) is 19.8 Å². The van der Waals surface area contributed by atoms with Gasteiger partial charge >= 0.3 is 0 Å². The molecule has 194 valence electrons. The molecule has 1 N–H and O–H groups in total. The molecule has 33 heavy (non-hydrogen) atoms. The van der Waals surface area contributed by atoms with Crippen molar-refractivity contribution in [2.45, 2.75) is 149 Å². The molecule has 1 atom stereocenters. The third-order valence-corrected chi connectivity index (χ3v) is 7.97. The van der Waals surface area contributed by atoms with Crippen molar-refractivity contribution in [2.75, 3.05) is 13.1 Å². The molecule has 0 aliphatic heterocycles. The molecule has 2 heteroatoms. The molecule has 1 rings (SSSR count). The second kappa shape index (κ2) is 22.0. The van der Waals surface area contributed by atoms with Crippen molar-refractivity contribution in [1.82, 2.24) is 0 Å². The molecule has 1 aromatic rings. The van der Waals surface area contributed by atoms with Crippen LogP contribution >= 0.6 is 0 Å². The Kier molecular flexibility index (Phi) is 21.6. The standard InChI is InChI=1S/C31H57N.ClH/c1-5-9-10-11-12-13-14-15-16-17-18-19-20-21-22-26-29-32(8-4)31(6-2,7-3)30-27-24-23-25-28-30;/h23-25,27-28H,5-22,26,29H2,1-4H3;1H. The van der Waals surface area contributed by atoms with E-state index in [4.69, 9.17) is 0 Å². The van der Waals surface area contributed by atoms with Crippen molar-refractivity contribution in [3.05, 3.63) is 35.9 Å². The topological polar surface area (TPSA) is 4.44 Å². The Morgan fingerprint density at radius 1 is 0.545 bits per heavy atom. The number of quaternary nitrogens is 1. The summed E-state index contributed by atoms with van der Waals surface area (Å²) in [5.74, 6) is 0.